The number of likely N-dealkylation sites (N-methyl/N-ethyl adjacent to an activating group) is 1. The van der Waals surface area contributed by atoms with Gasteiger partial charge in [-0.25, -0.2) is 0 Å². The molecule has 1 atom stereocenters. The van der Waals surface area contributed by atoms with Crippen molar-refractivity contribution in [3.8, 4) is 11.5 Å². The highest BCUT2D eigenvalue weighted by Crippen LogP contribution is 2.31. The Labute approximate surface area is 191 Å². The van der Waals surface area contributed by atoms with Crippen molar-refractivity contribution in [3.63, 3.8) is 0 Å². The van der Waals surface area contributed by atoms with E-state index in [9.17, 15) is 4.79 Å². The molecule has 3 N–H and O–H groups in total. The van der Waals surface area contributed by atoms with Crippen molar-refractivity contribution < 1.29 is 14.3 Å². The second-order valence-corrected chi connectivity index (χ2v) is 7.50. The topological polar surface area (TPSA) is 87.2 Å². The van der Waals surface area contributed by atoms with Gasteiger partial charge in [-0.05, 0) is 55.9 Å². The normalized spacial score (nSPS) is 12.3. The monoisotopic (exact) mass is 441 g/mol. The van der Waals surface area contributed by atoms with Gasteiger partial charge in [-0.15, -0.1) is 0 Å². The highest BCUT2D eigenvalue weighted by atomic mass is 16.5. The van der Waals surface area contributed by atoms with Crippen molar-refractivity contribution in [2.75, 3.05) is 55.5 Å². The smallest absolute Gasteiger partial charge is 0.251 e. The molecule has 0 spiro atoms. The summed E-state index contributed by atoms with van der Waals surface area (Å²) in [7, 11) is 10.7. The number of hydrogen-bond acceptors (Lipinski definition) is 5. The maximum Gasteiger partial charge on any atom is 0.251 e. The Kier molecular flexibility index (Phi) is 9.81. The highest BCUT2D eigenvalue weighted by Gasteiger charge is 2.17. The number of nitrogens with one attached hydrogen (secondary N) is 3. The molecule has 32 heavy (non-hydrogen) atoms. The van der Waals surface area contributed by atoms with Crippen LogP contribution in [-0.2, 0) is 6.42 Å². The van der Waals surface area contributed by atoms with Crippen LogP contribution in [0.2, 0.25) is 0 Å². The summed E-state index contributed by atoms with van der Waals surface area (Å²) < 4.78 is 10.8. The van der Waals surface area contributed by atoms with Crippen LogP contribution in [0.25, 0.3) is 0 Å². The van der Waals surface area contributed by atoms with E-state index in [1.54, 1.807) is 28.3 Å². The van der Waals surface area contributed by atoms with Crippen LogP contribution in [0.15, 0.2) is 47.5 Å². The number of aliphatic imine (C=N–C) groups is 1. The van der Waals surface area contributed by atoms with E-state index in [2.05, 4.69) is 25.8 Å². The van der Waals surface area contributed by atoms with E-state index in [1.807, 2.05) is 56.6 Å². The number of carbonyl (C=O) groups is 1. The lowest BCUT2D eigenvalue weighted by Crippen LogP contribution is -2.42. The molecule has 0 radical (unpaired) electrons. The zero-order valence-corrected chi connectivity index (χ0v) is 19.9. The zero-order valence-electron chi connectivity index (χ0n) is 19.9. The standard InChI is InChI=1S/C24H35N5O3/c1-25-23(30)19-9-7-8-17(14-19)12-13-27-24(26-2)28-16-20(29(3)4)18-10-11-21(31-5)22(15-18)32-6/h7-11,14-15,20H,12-13,16H2,1-6H3,(H,25,30)(H2,26,27,28). The molecule has 174 valence electrons. The van der Waals surface area contributed by atoms with Crippen molar-refractivity contribution in [1.29, 1.82) is 0 Å². The summed E-state index contributed by atoms with van der Waals surface area (Å²) in [6, 6.07) is 13.7. The lowest BCUT2D eigenvalue weighted by Gasteiger charge is -2.26. The second-order valence-electron chi connectivity index (χ2n) is 7.50. The van der Waals surface area contributed by atoms with Crippen LogP contribution in [-0.4, -0.2) is 72.3 Å². The van der Waals surface area contributed by atoms with Crippen LogP contribution >= 0.6 is 0 Å². The molecule has 0 bridgehead atoms. The van der Waals surface area contributed by atoms with Gasteiger partial charge < -0.3 is 30.3 Å². The van der Waals surface area contributed by atoms with Crippen LogP contribution in [0.4, 0.5) is 0 Å². The van der Waals surface area contributed by atoms with Crippen LogP contribution in [0, 0.1) is 0 Å². The third-order valence-electron chi connectivity index (χ3n) is 5.22. The quantitative estimate of drug-likeness (QED) is 0.387. The van der Waals surface area contributed by atoms with E-state index in [0.29, 0.717) is 30.2 Å². The van der Waals surface area contributed by atoms with Crippen molar-refractivity contribution in [2.45, 2.75) is 12.5 Å². The zero-order chi connectivity index (χ0) is 23.5. The van der Waals surface area contributed by atoms with Gasteiger partial charge in [0, 0.05) is 32.7 Å². The number of nitrogens with zero attached hydrogens (tertiary/aromatic N) is 2. The summed E-state index contributed by atoms with van der Waals surface area (Å²) in [5, 5.41) is 9.40. The van der Waals surface area contributed by atoms with Gasteiger partial charge in [0.2, 0.25) is 0 Å². The fourth-order valence-corrected chi connectivity index (χ4v) is 3.41. The first kappa shape index (κ1) is 25.0. The Morgan fingerprint density at radius 3 is 2.44 bits per heavy atom. The average molecular weight is 442 g/mol. The number of methoxy groups -OCH3 is 2. The first-order valence-electron chi connectivity index (χ1n) is 10.6. The van der Waals surface area contributed by atoms with Gasteiger partial charge in [-0.3, -0.25) is 9.79 Å². The summed E-state index contributed by atoms with van der Waals surface area (Å²) >= 11 is 0. The average Bonchev–Trinajstić information content (AvgIpc) is 2.82. The number of carbonyl (C=O) groups excluding carboxylic acids is 1. The summed E-state index contributed by atoms with van der Waals surface area (Å²) in [5.74, 6) is 2.06. The van der Waals surface area contributed by atoms with E-state index in [0.717, 1.165) is 23.5 Å². The maximum absolute atomic E-state index is 11.8. The Morgan fingerprint density at radius 1 is 1.06 bits per heavy atom. The Bertz CT molecular complexity index is 914. The third-order valence-corrected chi connectivity index (χ3v) is 5.22. The number of guanidine groups is 1. The molecule has 0 fully saturated rings. The predicted octanol–water partition coefficient (Wildman–Crippen LogP) is 2.07. The van der Waals surface area contributed by atoms with E-state index >= 15 is 0 Å². The van der Waals surface area contributed by atoms with Crippen LogP contribution in [0.1, 0.15) is 27.5 Å². The number of ether oxygens (including phenoxy) is 2. The molecule has 0 aliphatic rings. The summed E-state index contributed by atoms with van der Waals surface area (Å²) in [6.07, 6.45) is 0.776. The molecular weight excluding hydrogens is 406 g/mol. The van der Waals surface area contributed by atoms with E-state index in [1.165, 1.54) is 0 Å². The molecule has 0 aromatic heterocycles. The first-order valence-corrected chi connectivity index (χ1v) is 10.6. The molecule has 2 aromatic rings. The van der Waals surface area contributed by atoms with Gasteiger partial charge >= 0.3 is 0 Å². The first-order chi connectivity index (χ1) is 15.4. The molecule has 0 aliphatic heterocycles. The molecule has 8 heteroatoms. The van der Waals surface area contributed by atoms with E-state index < -0.39 is 0 Å². The largest absolute Gasteiger partial charge is 0.493 e. The lowest BCUT2D eigenvalue weighted by molar-refractivity contribution is 0.0963. The highest BCUT2D eigenvalue weighted by molar-refractivity contribution is 5.94. The maximum atomic E-state index is 11.8. The molecule has 1 unspecified atom stereocenters. The number of amides is 1. The summed E-state index contributed by atoms with van der Waals surface area (Å²) in [5.41, 5.74) is 2.86. The number of rotatable bonds is 10. The van der Waals surface area contributed by atoms with Gasteiger partial charge in [-0.1, -0.05) is 18.2 Å². The molecule has 2 rings (SSSR count). The van der Waals surface area contributed by atoms with Gasteiger partial charge in [0.05, 0.1) is 20.3 Å². The van der Waals surface area contributed by atoms with Gasteiger partial charge in [0.15, 0.2) is 17.5 Å². The Morgan fingerprint density at radius 2 is 1.81 bits per heavy atom. The Hall–Kier alpha value is -3.26. The summed E-state index contributed by atoms with van der Waals surface area (Å²) in [4.78, 5) is 18.3. The van der Waals surface area contributed by atoms with Crippen LogP contribution < -0.4 is 25.4 Å². The van der Waals surface area contributed by atoms with Crippen LogP contribution in [0.3, 0.4) is 0 Å². The minimum absolute atomic E-state index is 0.0813. The fraction of sp³-hybridized carbons (Fsp3) is 0.417. The second kappa shape index (κ2) is 12.6. The molecular formula is C24H35N5O3. The minimum Gasteiger partial charge on any atom is -0.493 e. The fourth-order valence-electron chi connectivity index (χ4n) is 3.41. The van der Waals surface area contributed by atoms with E-state index in [4.69, 9.17) is 9.47 Å². The van der Waals surface area contributed by atoms with Gasteiger partial charge in [0.25, 0.3) is 5.91 Å². The predicted molar refractivity (Wildman–Crippen MR) is 129 cm³/mol. The number of benzene rings is 2. The van der Waals surface area contributed by atoms with Gasteiger partial charge in [-0.2, -0.15) is 0 Å². The van der Waals surface area contributed by atoms with Gasteiger partial charge in [0.1, 0.15) is 0 Å². The number of hydrogen-bond donors (Lipinski definition) is 3. The van der Waals surface area contributed by atoms with Crippen molar-refractivity contribution in [2.24, 2.45) is 4.99 Å². The molecule has 8 nitrogen and oxygen atoms in total. The molecule has 0 heterocycles. The molecule has 0 saturated heterocycles. The van der Waals surface area contributed by atoms with Crippen molar-refractivity contribution >= 4 is 11.9 Å². The SMILES string of the molecule is CN=C(NCCc1cccc(C(=O)NC)c1)NCC(c1ccc(OC)c(OC)c1)N(C)C. The van der Waals surface area contributed by atoms with Crippen molar-refractivity contribution in [3.05, 3.63) is 59.2 Å². The lowest BCUT2D eigenvalue weighted by atomic mass is 10.1. The van der Waals surface area contributed by atoms with Crippen molar-refractivity contribution in [1.82, 2.24) is 20.9 Å². The van der Waals surface area contributed by atoms with Crippen LogP contribution in [0.5, 0.6) is 11.5 Å². The molecule has 1 amide bonds. The summed E-state index contributed by atoms with van der Waals surface area (Å²) in [6.45, 7) is 1.36. The third kappa shape index (κ3) is 6.88. The molecule has 2 aromatic carbocycles. The minimum atomic E-state index is -0.0813. The Balaban J connectivity index is 1.96. The van der Waals surface area contributed by atoms with E-state index in [-0.39, 0.29) is 11.9 Å². The molecule has 0 saturated carbocycles. The molecule has 0 aliphatic carbocycles.